The third-order valence-corrected chi connectivity index (χ3v) is 9.81. The molecule has 2 aromatic rings. The molecule has 0 N–H and O–H groups in total. The molecule has 0 spiro atoms. The molecule has 0 amide bonds. The van der Waals surface area contributed by atoms with E-state index in [1.54, 1.807) is 0 Å². The largest absolute Gasteiger partial charge is 0.460 e. The lowest BCUT2D eigenvalue weighted by Gasteiger charge is -3.09. The zero-order chi connectivity index (χ0) is 21.8. The Kier molecular flexibility index (Phi) is 3.78. The highest BCUT2D eigenvalue weighted by Gasteiger charge is 3.05. The van der Waals surface area contributed by atoms with Crippen molar-refractivity contribution in [3.05, 3.63) is 71.8 Å². The van der Waals surface area contributed by atoms with E-state index in [1.165, 1.54) is 11.1 Å². The summed E-state index contributed by atoms with van der Waals surface area (Å²) in [7, 11) is 0. The summed E-state index contributed by atoms with van der Waals surface area (Å²) in [5.41, 5.74) is 2.62. The number of rotatable bonds is 8. The Labute approximate surface area is 191 Å². The van der Waals surface area contributed by atoms with Crippen molar-refractivity contribution in [2.75, 3.05) is 0 Å². The summed E-state index contributed by atoms with van der Waals surface area (Å²) < 4.78 is 5.87. The summed E-state index contributed by atoms with van der Waals surface area (Å²) in [4.78, 5) is 15.8. The Balaban J connectivity index is 1.22. The second-order valence-corrected chi connectivity index (χ2v) is 12.1. The Hall–Kier alpha value is -2.13. The number of hydrogen-bond donors (Lipinski definition) is 0. The zero-order valence-electron chi connectivity index (χ0n) is 19.3. The molecule has 3 heteroatoms. The Morgan fingerprint density at radius 2 is 1.31 bits per heavy atom. The van der Waals surface area contributed by atoms with E-state index in [1.807, 2.05) is 20.8 Å². The fourth-order valence-corrected chi connectivity index (χ4v) is 9.26. The normalized spacial score (nSPS) is 39.6. The van der Waals surface area contributed by atoms with Crippen LogP contribution in [0.15, 0.2) is 60.7 Å². The number of carbonyl (C=O) groups excluding carboxylic acids is 1. The number of benzene rings is 2. The van der Waals surface area contributed by atoms with Gasteiger partial charge in [-0.3, -0.25) is 9.69 Å². The van der Waals surface area contributed by atoms with E-state index >= 15 is 0 Å². The van der Waals surface area contributed by atoms with Gasteiger partial charge in [0.05, 0.1) is 6.42 Å². The molecule has 0 heterocycles. The van der Waals surface area contributed by atoms with Gasteiger partial charge in [0, 0.05) is 19.1 Å². The van der Waals surface area contributed by atoms with Gasteiger partial charge in [-0.05, 0) is 78.7 Å². The van der Waals surface area contributed by atoms with E-state index in [4.69, 9.17) is 4.74 Å². The van der Waals surface area contributed by atoms with Gasteiger partial charge in [0.1, 0.15) is 5.60 Å². The van der Waals surface area contributed by atoms with Gasteiger partial charge in [-0.1, -0.05) is 60.7 Å². The number of esters is 1. The standard InChI is InChI=1S/C29H33NO2/c1-28(2,3)32-20(31)14-19(29-25-22-21-23(25)27(29)24(21)26(22)29)30(15-17-10-6-4-7-11-17)16-18-12-8-5-9-13-18/h4-13,19,21-27H,14-16H2,1-3H3. The van der Waals surface area contributed by atoms with Crippen LogP contribution in [0.1, 0.15) is 38.3 Å². The van der Waals surface area contributed by atoms with Crippen molar-refractivity contribution in [1.29, 1.82) is 0 Å². The predicted octanol–water partition coefficient (Wildman–Crippen LogP) is 5.16. The third-order valence-electron chi connectivity index (χ3n) is 9.81. The van der Waals surface area contributed by atoms with Gasteiger partial charge >= 0.3 is 5.97 Å². The number of hydrogen-bond acceptors (Lipinski definition) is 3. The summed E-state index contributed by atoms with van der Waals surface area (Å²) in [6, 6.07) is 21.9. The molecular formula is C29H33NO2. The molecule has 0 radical (unpaired) electrons. The van der Waals surface area contributed by atoms with Crippen LogP contribution < -0.4 is 0 Å². The highest BCUT2D eigenvalue weighted by molar-refractivity contribution is 5.71. The Morgan fingerprint density at radius 3 is 1.75 bits per heavy atom. The molecule has 3 nitrogen and oxygen atoms in total. The monoisotopic (exact) mass is 427 g/mol. The van der Waals surface area contributed by atoms with E-state index in [-0.39, 0.29) is 12.0 Å². The fourth-order valence-electron chi connectivity index (χ4n) is 9.26. The third kappa shape index (κ3) is 2.24. The number of ether oxygens (including phenoxy) is 1. The molecule has 166 valence electrons. The highest BCUT2D eigenvalue weighted by Crippen LogP contribution is 3.06. The van der Waals surface area contributed by atoms with Crippen LogP contribution >= 0.6 is 0 Å². The quantitative estimate of drug-likeness (QED) is 0.545. The molecule has 32 heavy (non-hydrogen) atoms. The molecule has 1 unspecified atom stereocenters. The average Bonchev–Trinajstić information content (AvgIpc) is 2.77. The van der Waals surface area contributed by atoms with Crippen LogP contribution in [0.25, 0.3) is 0 Å². The molecule has 0 aromatic heterocycles. The Morgan fingerprint density at radius 1 is 0.844 bits per heavy atom. The molecule has 8 rings (SSSR count). The maximum absolute atomic E-state index is 13.2. The van der Waals surface area contributed by atoms with Crippen molar-refractivity contribution in [2.24, 2.45) is 46.8 Å². The second kappa shape index (κ2) is 6.26. The SMILES string of the molecule is CC(C)(C)OC(=O)CC(N(Cc1ccccc1)Cc1ccccc1)C12C3C4C5C3C1C5C42. The molecule has 6 fully saturated rings. The van der Waals surface area contributed by atoms with Gasteiger partial charge in [-0.25, -0.2) is 0 Å². The van der Waals surface area contributed by atoms with E-state index in [2.05, 4.69) is 65.6 Å². The highest BCUT2D eigenvalue weighted by atomic mass is 16.6. The minimum absolute atomic E-state index is 0.0257. The minimum Gasteiger partial charge on any atom is -0.460 e. The van der Waals surface area contributed by atoms with E-state index in [0.29, 0.717) is 11.8 Å². The van der Waals surface area contributed by atoms with Crippen LogP contribution in [-0.4, -0.2) is 22.5 Å². The summed E-state index contributed by atoms with van der Waals surface area (Å²) >= 11 is 0. The molecule has 0 saturated heterocycles. The molecule has 2 aromatic carbocycles. The topological polar surface area (TPSA) is 29.5 Å². The maximum Gasteiger partial charge on any atom is 0.307 e. The van der Waals surface area contributed by atoms with Crippen molar-refractivity contribution < 1.29 is 9.53 Å². The van der Waals surface area contributed by atoms with Crippen LogP contribution in [0.4, 0.5) is 0 Å². The smallest absolute Gasteiger partial charge is 0.307 e. The first-order valence-electron chi connectivity index (χ1n) is 12.4. The predicted molar refractivity (Wildman–Crippen MR) is 123 cm³/mol. The van der Waals surface area contributed by atoms with Crippen molar-refractivity contribution in [3.63, 3.8) is 0 Å². The van der Waals surface area contributed by atoms with Gasteiger partial charge in [-0.2, -0.15) is 0 Å². The summed E-state index contributed by atoms with van der Waals surface area (Å²) in [6.45, 7) is 7.72. The first-order chi connectivity index (χ1) is 15.4. The first-order valence-corrected chi connectivity index (χ1v) is 12.4. The lowest BCUT2D eigenvalue weighted by atomic mass is 8.96. The van der Waals surface area contributed by atoms with E-state index in [0.717, 1.165) is 54.5 Å². The summed E-state index contributed by atoms with van der Waals surface area (Å²) in [5.74, 6) is 6.76. The molecule has 6 aliphatic carbocycles. The van der Waals surface area contributed by atoms with Crippen molar-refractivity contribution in [2.45, 2.75) is 51.9 Å². The van der Waals surface area contributed by atoms with Gasteiger partial charge in [0.25, 0.3) is 0 Å². The van der Waals surface area contributed by atoms with E-state index < -0.39 is 5.60 Å². The Bertz CT molecular complexity index is 963. The average molecular weight is 428 g/mol. The van der Waals surface area contributed by atoms with Crippen LogP contribution in [0.5, 0.6) is 0 Å². The van der Waals surface area contributed by atoms with Gasteiger partial charge in [0.2, 0.25) is 0 Å². The molecule has 0 bridgehead atoms. The molecule has 6 saturated carbocycles. The molecule has 1 atom stereocenters. The van der Waals surface area contributed by atoms with Crippen LogP contribution in [0, 0.1) is 46.8 Å². The van der Waals surface area contributed by atoms with Crippen molar-refractivity contribution in [1.82, 2.24) is 4.90 Å². The zero-order valence-corrected chi connectivity index (χ0v) is 19.3. The van der Waals surface area contributed by atoms with Gasteiger partial charge in [-0.15, -0.1) is 0 Å². The van der Waals surface area contributed by atoms with Gasteiger partial charge in [0.15, 0.2) is 0 Å². The number of carbonyl (C=O) groups is 1. The second-order valence-electron chi connectivity index (χ2n) is 12.1. The van der Waals surface area contributed by atoms with Crippen LogP contribution in [0.2, 0.25) is 0 Å². The van der Waals surface area contributed by atoms with E-state index in [9.17, 15) is 4.79 Å². The fraction of sp³-hybridized carbons (Fsp3) is 0.552. The van der Waals surface area contributed by atoms with Crippen molar-refractivity contribution in [3.8, 4) is 0 Å². The van der Waals surface area contributed by atoms with Crippen LogP contribution in [0.3, 0.4) is 0 Å². The minimum atomic E-state index is -0.433. The van der Waals surface area contributed by atoms with Crippen LogP contribution in [-0.2, 0) is 22.6 Å². The summed E-state index contributed by atoms with van der Waals surface area (Å²) in [6.07, 6.45) is 0.525. The lowest BCUT2D eigenvalue weighted by Crippen LogP contribution is -3.07. The lowest BCUT2D eigenvalue weighted by molar-refractivity contribution is -0.623. The molecule has 6 aliphatic rings. The number of nitrogens with zero attached hydrogens (tertiary/aromatic N) is 1. The molecule has 0 aliphatic heterocycles. The molecular weight excluding hydrogens is 394 g/mol. The van der Waals surface area contributed by atoms with Crippen molar-refractivity contribution >= 4 is 5.97 Å². The van der Waals surface area contributed by atoms with Gasteiger partial charge < -0.3 is 4.74 Å². The summed E-state index contributed by atoms with van der Waals surface area (Å²) in [5, 5.41) is 0. The maximum atomic E-state index is 13.2. The first kappa shape index (κ1) is 19.3.